The quantitative estimate of drug-likeness (QED) is 0.638. The van der Waals surface area contributed by atoms with Gasteiger partial charge in [-0.05, 0) is 56.5 Å². The minimum absolute atomic E-state index is 0.0667. The Kier molecular flexibility index (Phi) is 8.04. The zero-order chi connectivity index (χ0) is 25.9. The molecule has 37 heavy (non-hydrogen) atoms. The van der Waals surface area contributed by atoms with Crippen LogP contribution < -0.4 is 15.0 Å². The lowest BCUT2D eigenvalue weighted by Crippen LogP contribution is -2.62. The summed E-state index contributed by atoms with van der Waals surface area (Å²) in [5.74, 6) is 0.321. The number of nitrogens with zero attached hydrogens (tertiary/aromatic N) is 4. The van der Waals surface area contributed by atoms with Gasteiger partial charge in [-0.1, -0.05) is 12.1 Å². The Hall–Kier alpha value is -2.59. The molecule has 0 aliphatic carbocycles. The molecule has 200 valence electrons. The number of aryl methyl sites for hydroxylation is 1. The van der Waals surface area contributed by atoms with Crippen LogP contribution in [-0.2, 0) is 16.0 Å². The van der Waals surface area contributed by atoms with Gasteiger partial charge in [0.25, 0.3) is 0 Å². The topological polar surface area (TPSA) is 70.2 Å². The highest BCUT2D eigenvalue weighted by Crippen LogP contribution is 2.33. The third kappa shape index (κ3) is 6.12. The minimum Gasteiger partial charge on any atom is -0.474 e. The number of aromatic nitrogens is 1. The van der Waals surface area contributed by atoms with Gasteiger partial charge < -0.3 is 19.7 Å². The van der Waals surface area contributed by atoms with Gasteiger partial charge >= 0.3 is 0 Å². The third-order valence-electron chi connectivity index (χ3n) is 7.73. The number of nitrogens with one attached hydrogen (secondary N) is 1. The molecule has 0 unspecified atom stereocenters. The molecule has 1 amide bonds. The van der Waals surface area contributed by atoms with Crippen molar-refractivity contribution in [1.82, 2.24) is 20.1 Å². The summed E-state index contributed by atoms with van der Waals surface area (Å²) in [5, 5.41) is 3.60. The highest BCUT2D eigenvalue weighted by atomic mass is 19.1. The highest BCUT2D eigenvalue weighted by molar-refractivity contribution is 5.96. The second-order valence-electron chi connectivity index (χ2n) is 10.6. The van der Waals surface area contributed by atoms with E-state index < -0.39 is 0 Å². The van der Waals surface area contributed by atoms with Crippen LogP contribution in [0, 0.1) is 12.7 Å². The lowest BCUT2D eigenvalue weighted by Gasteiger charge is -2.44. The molecule has 9 heteroatoms. The molecular formula is C28H38FN5O3. The van der Waals surface area contributed by atoms with Gasteiger partial charge in [-0.25, -0.2) is 9.37 Å². The minimum atomic E-state index is -0.252. The smallest absolute Gasteiger partial charge is 0.241 e. The van der Waals surface area contributed by atoms with Crippen molar-refractivity contribution in [3.8, 4) is 5.88 Å². The average molecular weight is 512 g/mol. The van der Waals surface area contributed by atoms with Crippen molar-refractivity contribution < 1.29 is 18.7 Å². The van der Waals surface area contributed by atoms with Gasteiger partial charge in [0.15, 0.2) is 0 Å². The number of halogens is 1. The number of carbonyl (C=O) groups is 1. The molecule has 3 atom stereocenters. The van der Waals surface area contributed by atoms with Crippen molar-refractivity contribution in [2.24, 2.45) is 0 Å². The van der Waals surface area contributed by atoms with E-state index in [1.54, 1.807) is 12.1 Å². The summed E-state index contributed by atoms with van der Waals surface area (Å²) in [6.45, 7) is 12.7. The Labute approximate surface area is 218 Å². The van der Waals surface area contributed by atoms with Crippen LogP contribution >= 0.6 is 0 Å². The Morgan fingerprint density at radius 3 is 2.76 bits per heavy atom. The molecule has 1 N–H and O–H groups in total. The van der Waals surface area contributed by atoms with Crippen LogP contribution in [0.25, 0.3) is 0 Å². The van der Waals surface area contributed by atoms with Crippen LogP contribution in [0.4, 0.5) is 10.1 Å². The van der Waals surface area contributed by atoms with E-state index in [0.717, 1.165) is 61.9 Å². The van der Waals surface area contributed by atoms with E-state index in [9.17, 15) is 9.18 Å². The van der Waals surface area contributed by atoms with Crippen molar-refractivity contribution in [2.75, 3.05) is 64.0 Å². The van der Waals surface area contributed by atoms with Crippen LogP contribution in [0.3, 0.4) is 0 Å². The number of morpholine rings is 1. The fourth-order valence-electron chi connectivity index (χ4n) is 5.49. The van der Waals surface area contributed by atoms with Crippen molar-refractivity contribution in [2.45, 2.75) is 45.3 Å². The SMILES string of the molecule is Cc1nc2c(cc1Cc1ccc(F)cc1)N(C(=O)CN1C[C@@H](C)NC[C@@H]1CN1CCOC[C@H]1C)CCO2. The van der Waals surface area contributed by atoms with Gasteiger partial charge in [0.2, 0.25) is 11.8 Å². The number of hydrogen-bond donors (Lipinski definition) is 1. The predicted octanol–water partition coefficient (Wildman–Crippen LogP) is 2.23. The lowest BCUT2D eigenvalue weighted by molar-refractivity contribution is -0.121. The van der Waals surface area contributed by atoms with E-state index >= 15 is 0 Å². The summed E-state index contributed by atoms with van der Waals surface area (Å²) >= 11 is 0. The molecule has 0 saturated carbocycles. The molecular weight excluding hydrogens is 473 g/mol. The molecule has 5 rings (SSSR count). The maximum atomic E-state index is 13.7. The molecule has 1 aromatic carbocycles. The maximum Gasteiger partial charge on any atom is 0.241 e. The van der Waals surface area contributed by atoms with Gasteiger partial charge in [0, 0.05) is 50.0 Å². The number of anilines is 1. The monoisotopic (exact) mass is 511 g/mol. The number of piperazine rings is 1. The Bertz CT molecular complexity index is 1100. The predicted molar refractivity (Wildman–Crippen MR) is 141 cm³/mol. The fourth-order valence-corrected chi connectivity index (χ4v) is 5.49. The molecule has 2 saturated heterocycles. The van der Waals surface area contributed by atoms with Gasteiger partial charge in [-0.15, -0.1) is 0 Å². The molecule has 0 radical (unpaired) electrons. The van der Waals surface area contributed by atoms with E-state index in [-0.39, 0.29) is 17.8 Å². The molecule has 0 spiro atoms. The van der Waals surface area contributed by atoms with Gasteiger partial charge in [0.1, 0.15) is 18.1 Å². The molecule has 2 aromatic rings. The fraction of sp³-hybridized carbons (Fsp3) is 0.571. The summed E-state index contributed by atoms with van der Waals surface area (Å²) in [4.78, 5) is 25.1. The van der Waals surface area contributed by atoms with Crippen molar-refractivity contribution in [3.05, 3.63) is 53.0 Å². The van der Waals surface area contributed by atoms with Crippen molar-refractivity contribution >= 4 is 11.6 Å². The number of ether oxygens (including phenoxy) is 2. The summed E-state index contributed by atoms with van der Waals surface area (Å²) in [6, 6.07) is 9.50. The first-order valence-corrected chi connectivity index (χ1v) is 13.3. The number of fused-ring (bicyclic) bond motifs is 1. The van der Waals surface area contributed by atoms with Crippen molar-refractivity contribution in [1.29, 1.82) is 0 Å². The summed E-state index contributed by atoms with van der Waals surface area (Å²) in [6.07, 6.45) is 0.615. The van der Waals surface area contributed by atoms with Crippen LogP contribution in [0.2, 0.25) is 0 Å². The van der Waals surface area contributed by atoms with E-state index in [0.29, 0.717) is 44.1 Å². The summed E-state index contributed by atoms with van der Waals surface area (Å²) in [7, 11) is 0. The second-order valence-corrected chi connectivity index (χ2v) is 10.6. The van der Waals surface area contributed by atoms with Crippen molar-refractivity contribution in [3.63, 3.8) is 0 Å². The summed E-state index contributed by atoms with van der Waals surface area (Å²) < 4.78 is 24.8. The molecule has 4 heterocycles. The molecule has 8 nitrogen and oxygen atoms in total. The maximum absolute atomic E-state index is 13.7. The normalized spacial score (nSPS) is 25.0. The van der Waals surface area contributed by atoms with Gasteiger partial charge in [0.05, 0.1) is 26.3 Å². The number of amides is 1. The van der Waals surface area contributed by atoms with Crippen LogP contribution in [0.1, 0.15) is 30.7 Å². The number of benzene rings is 1. The first-order valence-electron chi connectivity index (χ1n) is 13.3. The Morgan fingerprint density at radius 2 is 1.97 bits per heavy atom. The molecule has 1 aromatic heterocycles. The zero-order valence-electron chi connectivity index (χ0n) is 22.1. The molecule has 3 aliphatic heterocycles. The summed E-state index contributed by atoms with van der Waals surface area (Å²) in [5.41, 5.74) is 3.58. The first kappa shape index (κ1) is 26.0. The largest absolute Gasteiger partial charge is 0.474 e. The van der Waals surface area contributed by atoms with E-state index in [4.69, 9.17) is 9.47 Å². The van der Waals surface area contributed by atoms with Crippen LogP contribution in [-0.4, -0.2) is 97.9 Å². The van der Waals surface area contributed by atoms with E-state index in [1.807, 2.05) is 17.9 Å². The average Bonchev–Trinajstić information content (AvgIpc) is 2.88. The molecule has 3 aliphatic rings. The Balaban J connectivity index is 1.32. The Morgan fingerprint density at radius 1 is 1.16 bits per heavy atom. The van der Waals surface area contributed by atoms with E-state index in [1.165, 1.54) is 12.1 Å². The standard InChI is InChI=1S/C28H38FN5O3/c1-19-15-33(25(14-30-19)16-32-8-10-36-18-20(32)2)17-27(35)34-9-11-37-28-26(34)13-23(21(3)31-28)12-22-4-6-24(29)7-5-22/h4-7,13,19-20,25,30H,8-12,14-18H2,1-3H3/t19-,20-,25-/m1/s1. The molecule has 2 fully saturated rings. The lowest BCUT2D eigenvalue weighted by atomic mass is 10.0. The van der Waals surface area contributed by atoms with Crippen LogP contribution in [0.15, 0.2) is 30.3 Å². The first-order chi connectivity index (χ1) is 17.9. The number of pyridine rings is 1. The number of hydrogen-bond acceptors (Lipinski definition) is 7. The third-order valence-corrected chi connectivity index (χ3v) is 7.73. The van der Waals surface area contributed by atoms with Crippen LogP contribution in [0.5, 0.6) is 5.88 Å². The van der Waals surface area contributed by atoms with E-state index in [2.05, 4.69) is 33.9 Å². The van der Waals surface area contributed by atoms with Gasteiger partial charge in [-0.3, -0.25) is 14.6 Å². The second kappa shape index (κ2) is 11.4. The number of carbonyl (C=O) groups excluding carboxylic acids is 1. The molecule has 0 bridgehead atoms. The number of rotatable bonds is 6. The zero-order valence-corrected chi connectivity index (χ0v) is 22.1. The van der Waals surface area contributed by atoms with Gasteiger partial charge in [-0.2, -0.15) is 0 Å². The highest BCUT2D eigenvalue weighted by Gasteiger charge is 2.33.